The van der Waals surface area contributed by atoms with E-state index in [0.29, 0.717) is 6.04 Å². The van der Waals surface area contributed by atoms with Crippen molar-refractivity contribution >= 4 is 11.8 Å². The van der Waals surface area contributed by atoms with Crippen LogP contribution in [0.15, 0.2) is 4.52 Å². The van der Waals surface area contributed by atoms with Gasteiger partial charge in [0.05, 0.1) is 5.75 Å². The fourth-order valence-corrected chi connectivity index (χ4v) is 2.28. The molecule has 0 spiro atoms. The molecule has 0 aromatic carbocycles. The van der Waals surface area contributed by atoms with E-state index in [4.69, 9.17) is 4.52 Å². The van der Waals surface area contributed by atoms with E-state index < -0.39 is 0 Å². The fraction of sp³-hybridized carbons (Fsp3) is 0.833. The Bertz CT molecular complexity index is 304. The Kier molecular flexibility index (Phi) is 7.28. The zero-order valence-corrected chi connectivity index (χ0v) is 11.8. The summed E-state index contributed by atoms with van der Waals surface area (Å²) in [7, 11) is 0. The van der Waals surface area contributed by atoms with E-state index in [1.54, 1.807) is 0 Å². The standard InChI is InChI=1S/C12H23N3OS/c1-4-8-17-9-11-14-12(16-15-11)7-6-10(3)13-5-2/h10,13H,4-9H2,1-3H3. The predicted molar refractivity (Wildman–Crippen MR) is 72.2 cm³/mol. The van der Waals surface area contributed by atoms with Gasteiger partial charge < -0.3 is 9.84 Å². The Morgan fingerprint density at radius 3 is 2.94 bits per heavy atom. The Labute approximate surface area is 108 Å². The molecule has 4 nitrogen and oxygen atoms in total. The van der Waals surface area contributed by atoms with E-state index in [2.05, 4.69) is 36.2 Å². The molecule has 0 saturated carbocycles. The molecule has 0 fully saturated rings. The molecule has 0 aliphatic rings. The number of hydrogen-bond donors (Lipinski definition) is 1. The van der Waals surface area contributed by atoms with Gasteiger partial charge in [-0.3, -0.25) is 0 Å². The molecule has 0 saturated heterocycles. The van der Waals surface area contributed by atoms with Gasteiger partial charge in [0.25, 0.3) is 0 Å². The Balaban J connectivity index is 2.25. The normalized spacial score (nSPS) is 12.9. The van der Waals surface area contributed by atoms with Crippen LogP contribution in [0, 0.1) is 0 Å². The smallest absolute Gasteiger partial charge is 0.226 e. The number of aromatic nitrogens is 2. The lowest BCUT2D eigenvalue weighted by atomic mass is 10.2. The van der Waals surface area contributed by atoms with Crippen molar-refractivity contribution in [2.45, 2.75) is 51.8 Å². The number of aryl methyl sites for hydroxylation is 1. The van der Waals surface area contributed by atoms with Crippen molar-refractivity contribution < 1.29 is 4.52 Å². The van der Waals surface area contributed by atoms with Crippen LogP contribution in [0.5, 0.6) is 0 Å². The SMILES string of the molecule is CCCSCc1noc(CCC(C)NCC)n1. The minimum Gasteiger partial charge on any atom is -0.339 e. The predicted octanol–water partition coefficient (Wildman–Crippen LogP) is 2.64. The quantitative estimate of drug-likeness (QED) is 0.689. The van der Waals surface area contributed by atoms with Gasteiger partial charge in [-0.2, -0.15) is 16.7 Å². The summed E-state index contributed by atoms with van der Waals surface area (Å²) in [5.74, 6) is 3.61. The van der Waals surface area contributed by atoms with Gasteiger partial charge in [-0.25, -0.2) is 0 Å². The Morgan fingerprint density at radius 2 is 2.24 bits per heavy atom. The van der Waals surface area contributed by atoms with Crippen LogP contribution in [-0.2, 0) is 12.2 Å². The maximum atomic E-state index is 5.22. The van der Waals surface area contributed by atoms with Gasteiger partial charge in [0.15, 0.2) is 5.82 Å². The van der Waals surface area contributed by atoms with Crippen molar-refractivity contribution in [3.8, 4) is 0 Å². The summed E-state index contributed by atoms with van der Waals surface area (Å²) in [6, 6.07) is 0.504. The summed E-state index contributed by atoms with van der Waals surface area (Å²) < 4.78 is 5.22. The monoisotopic (exact) mass is 257 g/mol. The second-order valence-electron chi connectivity index (χ2n) is 4.15. The highest BCUT2D eigenvalue weighted by Gasteiger charge is 2.08. The first-order valence-electron chi connectivity index (χ1n) is 6.38. The number of hydrogen-bond acceptors (Lipinski definition) is 5. The van der Waals surface area contributed by atoms with Gasteiger partial charge in [0, 0.05) is 12.5 Å². The molecular formula is C12H23N3OS. The highest BCUT2D eigenvalue weighted by Crippen LogP contribution is 2.11. The minimum absolute atomic E-state index is 0.504. The van der Waals surface area contributed by atoms with Gasteiger partial charge in [-0.05, 0) is 32.1 Å². The molecule has 1 atom stereocenters. The average molecular weight is 257 g/mol. The number of rotatable bonds is 9. The molecule has 0 radical (unpaired) electrons. The summed E-state index contributed by atoms with van der Waals surface area (Å²) >= 11 is 1.85. The lowest BCUT2D eigenvalue weighted by molar-refractivity contribution is 0.364. The Morgan fingerprint density at radius 1 is 1.41 bits per heavy atom. The third-order valence-electron chi connectivity index (χ3n) is 2.43. The van der Waals surface area contributed by atoms with Crippen molar-refractivity contribution in [3.63, 3.8) is 0 Å². The summed E-state index contributed by atoms with van der Waals surface area (Å²) in [6.07, 6.45) is 3.09. The lowest BCUT2D eigenvalue weighted by Crippen LogP contribution is -2.25. The number of nitrogens with one attached hydrogen (secondary N) is 1. The van der Waals surface area contributed by atoms with Crippen LogP contribution < -0.4 is 5.32 Å². The van der Waals surface area contributed by atoms with E-state index in [1.165, 1.54) is 6.42 Å². The summed E-state index contributed by atoms with van der Waals surface area (Å²) in [4.78, 5) is 4.39. The average Bonchev–Trinajstić information content (AvgIpc) is 2.75. The number of nitrogens with zero attached hydrogens (tertiary/aromatic N) is 2. The zero-order valence-electron chi connectivity index (χ0n) is 11.0. The van der Waals surface area contributed by atoms with Crippen LogP contribution in [0.1, 0.15) is 45.3 Å². The van der Waals surface area contributed by atoms with Crippen molar-refractivity contribution in [1.82, 2.24) is 15.5 Å². The highest BCUT2D eigenvalue weighted by molar-refractivity contribution is 7.98. The molecule has 0 aliphatic heterocycles. The first-order valence-corrected chi connectivity index (χ1v) is 7.54. The third-order valence-corrected chi connectivity index (χ3v) is 3.59. The van der Waals surface area contributed by atoms with E-state index in [1.807, 2.05) is 11.8 Å². The van der Waals surface area contributed by atoms with Crippen LogP contribution in [0.25, 0.3) is 0 Å². The summed E-state index contributed by atoms with van der Waals surface area (Å²) in [6.45, 7) is 7.48. The molecule has 0 bridgehead atoms. The molecule has 1 heterocycles. The first kappa shape index (κ1) is 14.5. The molecule has 1 aromatic rings. The van der Waals surface area contributed by atoms with Crippen molar-refractivity contribution in [2.75, 3.05) is 12.3 Å². The largest absolute Gasteiger partial charge is 0.339 e. The Hall–Kier alpha value is -0.550. The fourth-order valence-electron chi connectivity index (χ4n) is 1.55. The van der Waals surface area contributed by atoms with Crippen molar-refractivity contribution in [3.05, 3.63) is 11.7 Å². The highest BCUT2D eigenvalue weighted by atomic mass is 32.2. The molecule has 17 heavy (non-hydrogen) atoms. The van der Waals surface area contributed by atoms with Crippen LogP contribution in [0.2, 0.25) is 0 Å². The van der Waals surface area contributed by atoms with Gasteiger partial charge in [0.1, 0.15) is 0 Å². The van der Waals surface area contributed by atoms with E-state index in [-0.39, 0.29) is 0 Å². The van der Waals surface area contributed by atoms with Crippen LogP contribution in [0.3, 0.4) is 0 Å². The second kappa shape index (κ2) is 8.53. The van der Waals surface area contributed by atoms with Crippen LogP contribution >= 0.6 is 11.8 Å². The van der Waals surface area contributed by atoms with Gasteiger partial charge >= 0.3 is 0 Å². The van der Waals surface area contributed by atoms with E-state index in [9.17, 15) is 0 Å². The van der Waals surface area contributed by atoms with Crippen molar-refractivity contribution in [2.24, 2.45) is 0 Å². The van der Waals surface area contributed by atoms with Gasteiger partial charge in [0.2, 0.25) is 5.89 Å². The molecule has 0 aliphatic carbocycles. The molecule has 0 amide bonds. The second-order valence-corrected chi connectivity index (χ2v) is 5.26. The maximum Gasteiger partial charge on any atom is 0.226 e. The molecule has 1 N–H and O–H groups in total. The topological polar surface area (TPSA) is 51.0 Å². The molecule has 1 unspecified atom stereocenters. The van der Waals surface area contributed by atoms with E-state index in [0.717, 1.165) is 42.6 Å². The van der Waals surface area contributed by atoms with Crippen molar-refractivity contribution in [1.29, 1.82) is 0 Å². The number of thioether (sulfide) groups is 1. The molecular weight excluding hydrogens is 234 g/mol. The summed E-state index contributed by atoms with van der Waals surface area (Å²) in [5.41, 5.74) is 0. The van der Waals surface area contributed by atoms with Crippen LogP contribution in [-0.4, -0.2) is 28.5 Å². The lowest BCUT2D eigenvalue weighted by Gasteiger charge is -2.09. The summed E-state index contributed by atoms with van der Waals surface area (Å²) in [5, 5.41) is 7.36. The molecule has 5 heteroatoms. The van der Waals surface area contributed by atoms with E-state index >= 15 is 0 Å². The van der Waals surface area contributed by atoms with Crippen LogP contribution in [0.4, 0.5) is 0 Å². The maximum absolute atomic E-state index is 5.22. The minimum atomic E-state index is 0.504. The van der Waals surface area contributed by atoms with Gasteiger partial charge in [-0.15, -0.1) is 0 Å². The zero-order chi connectivity index (χ0) is 12.5. The molecule has 1 rings (SSSR count). The first-order chi connectivity index (χ1) is 8.26. The van der Waals surface area contributed by atoms with Gasteiger partial charge in [-0.1, -0.05) is 19.0 Å². The molecule has 98 valence electrons. The molecule has 1 aromatic heterocycles. The third kappa shape index (κ3) is 6.07.